The van der Waals surface area contributed by atoms with Gasteiger partial charge < -0.3 is 25.4 Å². The summed E-state index contributed by atoms with van der Waals surface area (Å²) < 4.78 is 20.2. The van der Waals surface area contributed by atoms with Crippen LogP contribution in [-0.4, -0.2) is 102 Å². The summed E-state index contributed by atoms with van der Waals surface area (Å²) in [6, 6.07) is 10.1. The zero-order valence-corrected chi connectivity index (χ0v) is 28.2. The minimum Gasteiger partial charge on any atom is -0.494 e. The average Bonchev–Trinajstić information content (AvgIpc) is 3.87. The monoisotopic (exact) mass is 686 g/mol. The van der Waals surface area contributed by atoms with E-state index in [9.17, 15) is 19.1 Å². The molecule has 0 bridgehead atoms. The normalized spacial score (nSPS) is 20.5. The zero-order chi connectivity index (χ0) is 34.8. The van der Waals surface area contributed by atoms with E-state index in [1.54, 1.807) is 18.2 Å². The standard InChI is InChI=1S/C36H43FN8O5/c1-3-35(46)41-28-19-29(32(49-2)20-31(28)44-9-6-27(7-10-44)43-13-11-42(12-14-43)26-4-5-26)40-33-21-34(39-22-38-33)45-30(8-15-50-45)23-16-24(36(47)48)18-25(37)17-23/h3,16-22,26-27,30H,1,4-15H2,2H3,(H,41,46)(H,47,48)(H,38,39,40). The van der Waals surface area contributed by atoms with Crippen LogP contribution in [-0.2, 0) is 9.63 Å². The second kappa shape index (κ2) is 14.6. The van der Waals surface area contributed by atoms with Gasteiger partial charge >= 0.3 is 5.97 Å². The molecule has 0 radical (unpaired) electrons. The molecule has 1 aromatic heterocycles. The predicted molar refractivity (Wildman–Crippen MR) is 188 cm³/mol. The summed E-state index contributed by atoms with van der Waals surface area (Å²) in [5.41, 5.74) is 2.38. The quantitative estimate of drug-likeness (QED) is 0.239. The van der Waals surface area contributed by atoms with Crippen molar-refractivity contribution in [3.8, 4) is 5.75 Å². The summed E-state index contributed by atoms with van der Waals surface area (Å²) in [5.74, 6) is -0.793. The number of aromatic carboxylic acids is 1. The Morgan fingerprint density at radius 2 is 1.66 bits per heavy atom. The lowest BCUT2D eigenvalue weighted by atomic mass is 10.0. The number of amides is 1. The highest BCUT2D eigenvalue weighted by Gasteiger charge is 2.34. The highest BCUT2D eigenvalue weighted by Crippen LogP contribution is 2.41. The first-order chi connectivity index (χ1) is 24.3. The minimum atomic E-state index is -1.21. The number of halogens is 1. The number of nitrogens with one attached hydrogen (secondary N) is 2. The average molecular weight is 687 g/mol. The first-order valence-electron chi connectivity index (χ1n) is 17.2. The van der Waals surface area contributed by atoms with Crippen molar-refractivity contribution in [2.24, 2.45) is 0 Å². The number of hydrogen-bond acceptors (Lipinski definition) is 11. The Labute approximate surface area is 290 Å². The number of carbonyl (C=O) groups is 2. The number of carboxylic acids is 1. The fourth-order valence-corrected chi connectivity index (χ4v) is 7.36. The molecule has 3 saturated heterocycles. The van der Waals surface area contributed by atoms with Gasteiger partial charge in [-0.3, -0.25) is 19.4 Å². The molecule has 0 spiro atoms. The number of hydrogen-bond donors (Lipinski definition) is 3. The predicted octanol–water partition coefficient (Wildman–Crippen LogP) is 4.82. The molecule has 4 heterocycles. The van der Waals surface area contributed by atoms with Crippen LogP contribution in [0.4, 0.5) is 33.1 Å². The first-order valence-corrected chi connectivity index (χ1v) is 17.2. The second-order valence-electron chi connectivity index (χ2n) is 13.2. The van der Waals surface area contributed by atoms with Crippen LogP contribution in [0.3, 0.4) is 0 Å². The third-order valence-electron chi connectivity index (χ3n) is 10.1. The Hall–Kier alpha value is -4.79. The number of nitrogens with zero attached hydrogens (tertiary/aromatic N) is 6. The Morgan fingerprint density at radius 1 is 0.940 bits per heavy atom. The van der Waals surface area contributed by atoms with Gasteiger partial charge in [0.25, 0.3) is 0 Å². The van der Waals surface area contributed by atoms with Gasteiger partial charge in [0.1, 0.15) is 23.7 Å². The smallest absolute Gasteiger partial charge is 0.335 e. The molecule has 1 saturated carbocycles. The molecule has 1 unspecified atom stereocenters. The number of piperazine rings is 1. The number of methoxy groups -OCH3 is 1. The molecule has 1 atom stereocenters. The van der Waals surface area contributed by atoms with Crippen molar-refractivity contribution in [3.63, 3.8) is 0 Å². The molecule has 264 valence electrons. The van der Waals surface area contributed by atoms with Crippen LogP contribution in [0.5, 0.6) is 5.75 Å². The molecule has 50 heavy (non-hydrogen) atoms. The van der Waals surface area contributed by atoms with E-state index in [1.165, 1.54) is 37.4 Å². The highest BCUT2D eigenvalue weighted by molar-refractivity contribution is 6.02. The molecular weight excluding hydrogens is 643 g/mol. The van der Waals surface area contributed by atoms with Gasteiger partial charge in [-0.05, 0) is 61.6 Å². The number of piperidine rings is 1. The van der Waals surface area contributed by atoms with Crippen LogP contribution in [0, 0.1) is 5.82 Å². The molecule has 13 nitrogen and oxygen atoms in total. The lowest BCUT2D eigenvalue weighted by Gasteiger charge is -2.43. The van der Waals surface area contributed by atoms with Crippen molar-refractivity contribution in [1.29, 1.82) is 0 Å². The summed E-state index contributed by atoms with van der Waals surface area (Å²) in [6.45, 7) is 10.3. The van der Waals surface area contributed by atoms with Crippen LogP contribution in [0.2, 0.25) is 0 Å². The van der Waals surface area contributed by atoms with Gasteiger partial charge in [0.15, 0.2) is 5.82 Å². The summed E-state index contributed by atoms with van der Waals surface area (Å²) in [5, 5.41) is 17.3. The number of carbonyl (C=O) groups excluding carboxylic acids is 1. The summed E-state index contributed by atoms with van der Waals surface area (Å²) in [4.78, 5) is 46.4. The van der Waals surface area contributed by atoms with Gasteiger partial charge in [0.05, 0.1) is 42.4 Å². The molecule has 3 N–H and O–H groups in total. The zero-order valence-electron chi connectivity index (χ0n) is 28.2. The molecular formula is C36H43FN8O5. The summed E-state index contributed by atoms with van der Waals surface area (Å²) in [7, 11) is 1.60. The molecule has 1 amide bonds. The van der Waals surface area contributed by atoms with Crippen molar-refractivity contribution in [2.75, 3.05) is 73.6 Å². The number of anilines is 5. The van der Waals surface area contributed by atoms with E-state index in [1.807, 2.05) is 12.1 Å². The van der Waals surface area contributed by atoms with Gasteiger partial charge in [-0.15, -0.1) is 0 Å². The number of ether oxygens (including phenoxy) is 1. The van der Waals surface area contributed by atoms with Crippen molar-refractivity contribution in [3.05, 3.63) is 72.3 Å². The fourth-order valence-electron chi connectivity index (χ4n) is 7.36. The maximum absolute atomic E-state index is 14.4. The maximum Gasteiger partial charge on any atom is 0.335 e. The van der Waals surface area contributed by atoms with Gasteiger partial charge in [-0.1, -0.05) is 6.58 Å². The van der Waals surface area contributed by atoms with Crippen LogP contribution in [0.1, 0.15) is 54.1 Å². The van der Waals surface area contributed by atoms with Crippen molar-refractivity contribution in [2.45, 2.75) is 50.2 Å². The number of benzene rings is 2. The van der Waals surface area contributed by atoms with E-state index < -0.39 is 17.8 Å². The fraction of sp³-hybridized carbons (Fsp3) is 0.444. The molecule has 1 aliphatic carbocycles. The Morgan fingerprint density at radius 3 is 2.32 bits per heavy atom. The van der Waals surface area contributed by atoms with Gasteiger partial charge in [-0.2, -0.15) is 0 Å². The summed E-state index contributed by atoms with van der Waals surface area (Å²) >= 11 is 0. The van der Waals surface area contributed by atoms with E-state index in [0.717, 1.165) is 69.9 Å². The van der Waals surface area contributed by atoms with E-state index in [2.05, 4.69) is 41.9 Å². The maximum atomic E-state index is 14.4. The van der Waals surface area contributed by atoms with E-state index in [0.29, 0.717) is 53.4 Å². The first kappa shape index (κ1) is 33.7. The number of hydroxylamine groups is 1. The Balaban J connectivity index is 1.09. The van der Waals surface area contributed by atoms with Crippen LogP contribution in [0.25, 0.3) is 0 Å². The summed E-state index contributed by atoms with van der Waals surface area (Å²) in [6.07, 6.45) is 7.91. The number of carboxylic acid groups (broad SMARTS) is 1. The molecule has 2 aromatic carbocycles. The number of rotatable bonds is 11. The molecule has 4 fully saturated rings. The Bertz CT molecular complexity index is 1740. The molecule has 7 rings (SSSR count). The van der Waals surface area contributed by atoms with Gasteiger partial charge in [0, 0.05) is 69.9 Å². The third kappa shape index (κ3) is 7.37. The largest absolute Gasteiger partial charge is 0.494 e. The SMILES string of the molecule is C=CC(=O)Nc1cc(Nc2cc(N3OCCC3c3cc(F)cc(C(=O)O)c3)ncn2)c(OC)cc1N1CCC(N2CCN(C3CC3)CC2)CC1. The second-order valence-corrected chi connectivity index (χ2v) is 13.2. The third-order valence-corrected chi connectivity index (χ3v) is 10.1. The topological polar surface area (TPSA) is 136 Å². The minimum absolute atomic E-state index is 0.140. The lowest BCUT2D eigenvalue weighted by molar-refractivity contribution is -0.111. The van der Waals surface area contributed by atoms with E-state index in [-0.39, 0.29) is 11.5 Å². The molecule has 4 aliphatic rings. The molecule has 14 heteroatoms. The molecule has 3 aliphatic heterocycles. The molecule has 3 aromatic rings. The van der Waals surface area contributed by atoms with Crippen LogP contribution >= 0.6 is 0 Å². The van der Waals surface area contributed by atoms with Crippen LogP contribution in [0.15, 0.2) is 55.4 Å². The van der Waals surface area contributed by atoms with Crippen molar-refractivity contribution < 1.29 is 28.7 Å². The van der Waals surface area contributed by atoms with E-state index >= 15 is 0 Å². The van der Waals surface area contributed by atoms with Crippen molar-refractivity contribution >= 4 is 40.6 Å². The van der Waals surface area contributed by atoms with Gasteiger partial charge in [-0.25, -0.2) is 24.2 Å². The van der Waals surface area contributed by atoms with Crippen LogP contribution < -0.4 is 25.3 Å². The Kier molecular flexibility index (Phi) is 9.83. The number of aromatic nitrogens is 2. The van der Waals surface area contributed by atoms with E-state index in [4.69, 9.17) is 9.57 Å². The van der Waals surface area contributed by atoms with Gasteiger partial charge in [0.2, 0.25) is 5.91 Å². The van der Waals surface area contributed by atoms with Crippen molar-refractivity contribution in [1.82, 2.24) is 19.8 Å². The lowest BCUT2D eigenvalue weighted by Crippen LogP contribution is -2.53. The highest BCUT2D eigenvalue weighted by atomic mass is 19.1.